The molecule has 0 saturated carbocycles. The van der Waals surface area contributed by atoms with Gasteiger partial charge in [-0.3, -0.25) is 9.09 Å². The molecule has 2 aromatic heterocycles. The molecular formula is C10H12N2O2S. The molecule has 0 aliphatic heterocycles. The topological polar surface area (TPSA) is 48.0 Å². The number of hydrogen-bond acceptors (Lipinski definition) is 4. The summed E-state index contributed by atoms with van der Waals surface area (Å²) in [6.45, 7) is 2.76. The van der Waals surface area contributed by atoms with Crippen molar-refractivity contribution < 1.29 is 4.52 Å². The number of aromatic nitrogens is 2. The number of unbranched alkanes of at least 4 members (excludes halogenated alkanes) is 1. The molecule has 0 aliphatic rings. The highest BCUT2D eigenvalue weighted by molar-refractivity contribution is 7.13. The van der Waals surface area contributed by atoms with E-state index in [-0.39, 0.29) is 5.76 Å². The number of hydrogen-bond donors (Lipinski definition) is 0. The Morgan fingerprint density at radius 1 is 1.60 bits per heavy atom. The van der Waals surface area contributed by atoms with Crippen LogP contribution in [0, 0.1) is 0 Å². The molecule has 5 heteroatoms. The fraction of sp³-hybridized carbons (Fsp3) is 0.400. The van der Waals surface area contributed by atoms with Crippen molar-refractivity contribution in [1.82, 2.24) is 9.72 Å². The van der Waals surface area contributed by atoms with E-state index in [1.807, 2.05) is 17.5 Å². The van der Waals surface area contributed by atoms with Gasteiger partial charge in [0.15, 0.2) is 5.82 Å². The third-order valence-corrected chi connectivity index (χ3v) is 3.03. The molecule has 0 saturated heterocycles. The van der Waals surface area contributed by atoms with Crippen LogP contribution in [0.3, 0.4) is 0 Å². The first kappa shape index (κ1) is 10.2. The van der Waals surface area contributed by atoms with Gasteiger partial charge in [0, 0.05) is 6.54 Å². The van der Waals surface area contributed by atoms with E-state index < -0.39 is 0 Å². The minimum atomic E-state index is -0.369. The van der Waals surface area contributed by atoms with Crippen molar-refractivity contribution in [1.29, 1.82) is 0 Å². The van der Waals surface area contributed by atoms with Crippen molar-refractivity contribution in [3.05, 3.63) is 28.1 Å². The van der Waals surface area contributed by atoms with Crippen LogP contribution in [0.4, 0.5) is 0 Å². The van der Waals surface area contributed by atoms with E-state index in [0.717, 1.165) is 17.7 Å². The molecule has 0 aliphatic carbocycles. The van der Waals surface area contributed by atoms with Gasteiger partial charge >= 0.3 is 5.76 Å². The van der Waals surface area contributed by atoms with Crippen molar-refractivity contribution in [2.75, 3.05) is 0 Å². The van der Waals surface area contributed by atoms with Crippen LogP contribution < -0.4 is 5.76 Å². The largest absolute Gasteiger partial charge is 0.441 e. The van der Waals surface area contributed by atoms with Crippen LogP contribution in [0.25, 0.3) is 10.7 Å². The Hall–Kier alpha value is -1.36. The van der Waals surface area contributed by atoms with Crippen LogP contribution in [-0.4, -0.2) is 9.72 Å². The summed E-state index contributed by atoms with van der Waals surface area (Å²) in [4.78, 5) is 12.3. The van der Waals surface area contributed by atoms with E-state index in [4.69, 9.17) is 0 Å². The van der Waals surface area contributed by atoms with Crippen LogP contribution in [0.5, 0.6) is 0 Å². The third kappa shape index (κ3) is 2.02. The molecule has 0 radical (unpaired) electrons. The lowest BCUT2D eigenvalue weighted by Crippen LogP contribution is -2.15. The molecule has 2 aromatic rings. The van der Waals surface area contributed by atoms with Gasteiger partial charge in [0.05, 0.1) is 4.88 Å². The Balaban J connectivity index is 2.36. The number of nitrogens with zero attached hydrogens (tertiary/aromatic N) is 2. The molecule has 0 fully saturated rings. The maximum Gasteiger partial charge on any atom is 0.441 e. The van der Waals surface area contributed by atoms with Crippen molar-refractivity contribution in [2.45, 2.75) is 26.3 Å². The molecule has 0 aromatic carbocycles. The van der Waals surface area contributed by atoms with Crippen LogP contribution in [0.1, 0.15) is 19.8 Å². The van der Waals surface area contributed by atoms with Gasteiger partial charge in [0.2, 0.25) is 0 Å². The summed E-state index contributed by atoms with van der Waals surface area (Å²) in [7, 11) is 0. The Morgan fingerprint density at radius 3 is 3.13 bits per heavy atom. The first-order valence-electron chi connectivity index (χ1n) is 4.93. The maximum atomic E-state index is 11.4. The predicted octanol–water partition coefficient (Wildman–Crippen LogP) is 2.36. The van der Waals surface area contributed by atoms with Crippen molar-refractivity contribution in [3.63, 3.8) is 0 Å². The van der Waals surface area contributed by atoms with Gasteiger partial charge in [-0.25, -0.2) is 4.79 Å². The summed E-state index contributed by atoms with van der Waals surface area (Å²) in [6, 6.07) is 3.87. The summed E-state index contributed by atoms with van der Waals surface area (Å²) < 4.78 is 6.27. The lowest BCUT2D eigenvalue weighted by Gasteiger charge is -2.00. The van der Waals surface area contributed by atoms with Gasteiger partial charge in [-0.1, -0.05) is 24.6 Å². The zero-order valence-electron chi connectivity index (χ0n) is 8.47. The zero-order valence-corrected chi connectivity index (χ0v) is 9.29. The van der Waals surface area contributed by atoms with E-state index in [1.54, 1.807) is 15.9 Å². The molecule has 0 bridgehead atoms. The fourth-order valence-electron chi connectivity index (χ4n) is 1.36. The average molecular weight is 224 g/mol. The SMILES string of the molecule is CCCCn1c(-c2cccs2)noc1=O. The van der Waals surface area contributed by atoms with E-state index in [2.05, 4.69) is 16.6 Å². The Labute approximate surface area is 91.1 Å². The van der Waals surface area contributed by atoms with Gasteiger partial charge < -0.3 is 0 Å². The van der Waals surface area contributed by atoms with Crippen LogP contribution in [0.2, 0.25) is 0 Å². The second kappa shape index (κ2) is 4.44. The highest BCUT2D eigenvalue weighted by Gasteiger charge is 2.12. The highest BCUT2D eigenvalue weighted by Crippen LogP contribution is 2.21. The van der Waals surface area contributed by atoms with E-state index >= 15 is 0 Å². The molecule has 2 rings (SSSR count). The molecule has 4 nitrogen and oxygen atoms in total. The average Bonchev–Trinajstić information content (AvgIpc) is 2.84. The smallest absolute Gasteiger partial charge is 0.295 e. The van der Waals surface area contributed by atoms with Gasteiger partial charge in [0.25, 0.3) is 0 Å². The molecule has 15 heavy (non-hydrogen) atoms. The molecular weight excluding hydrogens is 212 g/mol. The molecule has 0 unspecified atom stereocenters. The number of thiophene rings is 1. The second-order valence-electron chi connectivity index (χ2n) is 3.25. The fourth-order valence-corrected chi connectivity index (χ4v) is 2.08. The third-order valence-electron chi connectivity index (χ3n) is 2.16. The van der Waals surface area contributed by atoms with E-state index in [9.17, 15) is 4.79 Å². The van der Waals surface area contributed by atoms with Crippen molar-refractivity contribution >= 4 is 11.3 Å². The second-order valence-corrected chi connectivity index (χ2v) is 4.20. The first-order valence-corrected chi connectivity index (χ1v) is 5.81. The Morgan fingerprint density at radius 2 is 2.47 bits per heavy atom. The molecule has 0 atom stereocenters. The van der Waals surface area contributed by atoms with Gasteiger partial charge in [-0.2, -0.15) is 0 Å². The quantitative estimate of drug-likeness (QED) is 0.801. The lowest BCUT2D eigenvalue weighted by atomic mass is 10.3. The molecule has 80 valence electrons. The van der Waals surface area contributed by atoms with Gasteiger partial charge in [0.1, 0.15) is 0 Å². The van der Waals surface area contributed by atoms with Gasteiger partial charge in [-0.15, -0.1) is 11.3 Å². The van der Waals surface area contributed by atoms with E-state index in [0.29, 0.717) is 12.4 Å². The summed E-state index contributed by atoms with van der Waals surface area (Å²) >= 11 is 1.55. The normalized spacial score (nSPS) is 10.7. The van der Waals surface area contributed by atoms with Crippen molar-refractivity contribution in [3.8, 4) is 10.7 Å². The number of rotatable bonds is 4. The maximum absolute atomic E-state index is 11.4. The first-order chi connectivity index (χ1) is 7.33. The van der Waals surface area contributed by atoms with Crippen molar-refractivity contribution in [2.24, 2.45) is 0 Å². The summed E-state index contributed by atoms with van der Waals surface area (Å²) in [6.07, 6.45) is 2.00. The Bertz CT molecular complexity index is 470. The summed E-state index contributed by atoms with van der Waals surface area (Å²) in [5.74, 6) is 0.273. The van der Waals surface area contributed by atoms with Crippen LogP contribution in [-0.2, 0) is 6.54 Å². The zero-order chi connectivity index (χ0) is 10.7. The van der Waals surface area contributed by atoms with Crippen LogP contribution in [0.15, 0.2) is 26.8 Å². The minimum Gasteiger partial charge on any atom is -0.295 e. The van der Waals surface area contributed by atoms with E-state index in [1.165, 1.54) is 0 Å². The lowest BCUT2D eigenvalue weighted by molar-refractivity contribution is 0.374. The van der Waals surface area contributed by atoms with Crippen LogP contribution >= 0.6 is 11.3 Å². The van der Waals surface area contributed by atoms with Gasteiger partial charge in [-0.05, 0) is 17.9 Å². The molecule has 2 heterocycles. The minimum absolute atomic E-state index is 0.369. The molecule has 0 spiro atoms. The summed E-state index contributed by atoms with van der Waals surface area (Å²) in [5.41, 5.74) is 0. The Kier molecular flexibility index (Phi) is 3.01. The highest BCUT2D eigenvalue weighted by atomic mass is 32.1. The monoisotopic (exact) mass is 224 g/mol. The molecule has 0 N–H and O–H groups in total. The standard InChI is InChI=1S/C10H12N2O2S/c1-2-3-6-12-9(11-14-10(12)13)8-5-4-7-15-8/h4-5,7H,2-3,6H2,1H3. The summed E-state index contributed by atoms with van der Waals surface area (Å²) in [5, 5.41) is 5.75. The molecule has 0 amide bonds. The predicted molar refractivity (Wildman–Crippen MR) is 59.0 cm³/mol.